The lowest BCUT2D eigenvalue weighted by Gasteiger charge is -2.28. The zero-order valence-electron chi connectivity index (χ0n) is 18.5. The van der Waals surface area contributed by atoms with Crippen LogP contribution in [-0.4, -0.2) is 60.6 Å². The predicted molar refractivity (Wildman–Crippen MR) is 114 cm³/mol. The van der Waals surface area contributed by atoms with E-state index in [2.05, 4.69) is 31.5 Å². The number of aromatic nitrogens is 6. The molecule has 0 bridgehead atoms. The number of H-pyrrole nitrogens is 1. The molecule has 3 aromatic heterocycles. The second-order valence-electron chi connectivity index (χ2n) is 8.53. The Morgan fingerprint density at radius 3 is 2.67 bits per heavy atom. The number of halogens is 1. The SMILES string of the molecule is COC1(C(Oc2[nH]cnc2-c2nnn(C3CCN(C#N)CC3)c2C)c2ccc(F)cn2)CC1. The van der Waals surface area contributed by atoms with Crippen LogP contribution in [0.25, 0.3) is 11.4 Å². The fourth-order valence-electron chi connectivity index (χ4n) is 4.45. The highest BCUT2D eigenvalue weighted by atomic mass is 19.1. The minimum atomic E-state index is -0.534. The molecule has 10 nitrogen and oxygen atoms in total. The molecule has 1 N–H and O–H groups in total. The monoisotopic (exact) mass is 452 g/mol. The van der Waals surface area contributed by atoms with Gasteiger partial charge in [0.05, 0.1) is 30.0 Å². The van der Waals surface area contributed by atoms with Crippen LogP contribution in [0.2, 0.25) is 0 Å². The number of imidazole rings is 1. The number of piperidine rings is 1. The number of ether oxygens (including phenoxy) is 2. The van der Waals surface area contributed by atoms with Gasteiger partial charge >= 0.3 is 0 Å². The number of nitriles is 1. The van der Waals surface area contributed by atoms with Gasteiger partial charge in [-0.3, -0.25) is 4.98 Å². The fraction of sp³-hybridized carbons (Fsp3) is 0.500. The summed E-state index contributed by atoms with van der Waals surface area (Å²) < 4.78 is 27.5. The van der Waals surface area contributed by atoms with Crippen molar-refractivity contribution in [3.63, 3.8) is 0 Å². The summed E-state index contributed by atoms with van der Waals surface area (Å²) >= 11 is 0. The van der Waals surface area contributed by atoms with Crippen molar-refractivity contribution in [2.24, 2.45) is 0 Å². The maximum Gasteiger partial charge on any atom is 0.221 e. The molecule has 0 amide bonds. The first-order valence-corrected chi connectivity index (χ1v) is 11.0. The number of rotatable bonds is 7. The van der Waals surface area contributed by atoms with Crippen molar-refractivity contribution < 1.29 is 13.9 Å². The summed E-state index contributed by atoms with van der Waals surface area (Å²) in [5.74, 6) is 0.0266. The van der Waals surface area contributed by atoms with Gasteiger partial charge in [0.25, 0.3) is 0 Å². The highest BCUT2D eigenvalue weighted by molar-refractivity contribution is 5.62. The predicted octanol–water partition coefficient (Wildman–Crippen LogP) is 2.93. The van der Waals surface area contributed by atoms with Gasteiger partial charge < -0.3 is 19.4 Å². The first-order valence-electron chi connectivity index (χ1n) is 11.0. The number of aromatic amines is 1. The normalized spacial score (nSPS) is 18.7. The lowest BCUT2D eigenvalue weighted by atomic mass is 10.1. The van der Waals surface area contributed by atoms with Crippen LogP contribution in [0.4, 0.5) is 4.39 Å². The number of likely N-dealkylation sites (tertiary alicyclic amines) is 1. The van der Waals surface area contributed by atoms with Crippen LogP contribution in [0.15, 0.2) is 24.7 Å². The molecule has 33 heavy (non-hydrogen) atoms. The third kappa shape index (κ3) is 3.91. The van der Waals surface area contributed by atoms with Crippen LogP contribution in [-0.2, 0) is 4.74 Å². The van der Waals surface area contributed by atoms with Crippen LogP contribution >= 0.6 is 0 Å². The fourth-order valence-corrected chi connectivity index (χ4v) is 4.45. The molecule has 0 spiro atoms. The van der Waals surface area contributed by atoms with Gasteiger partial charge in [-0.2, -0.15) is 5.26 Å². The Bertz CT molecular complexity index is 1160. The summed E-state index contributed by atoms with van der Waals surface area (Å²) in [5.41, 5.74) is 2.12. The molecule has 2 fully saturated rings. The second kappa shape index (κ2) is 8.44. The highest BCUT2D eigenvalue weighted by Gasteiger charge is 2.53. The minimum Gasteiger partial charge on any atom is -0.464 e. The first-order chi connectivity index (χ1) is 16.0. The smallest absolute Gasteiger partial charge is 0.221 e. The Morgan fingerprint density at radius 2 is 2.03 bits per heavy atom. The van der Waals surface area contributed by atoms with E-state index in [4.69, 9.17) is 14.7 Å². The van der Waals surface area contributed by atoms with Crippen molar-refractivity contribution in [2.75, 3.05) is 20.2 Å². The zero-order valence-corrected chi connectivity index (χ0v) is 18.5. The molecule has 11 heteroatoms. The number of hydrogen-bond donors (Lipinski definition) is 1. The number of hydrogen-bond acceptors (Lipinski definition) is 8. The maximum atomic E-state index is 13.5. The lowest BCUT2D eigenvalue weighted by molar-refractivity contribution is -0.0235. The van der Waals surface area contributed by atoms with Gasteiger partial charge in [-0.05, 0) is 44.7 Å². The maximum absolute atomic E-state index is 13.5. The molecule has 1 unspecified atom stereocenters. The molecule has 0 radical (unpaired) electrons. The van der Waals surface area contributed by atoms with Crippen molar-refractivity contribution in [1.29, 1.82) is 5.26 Å². The van der Waals surface area contributed by atoms with Crippen molar-refractivity contribution in [2.45, 2.75) is 50.4 Å². The molecular formula is C22H25FN8O2. The van der Waals surface area contributed by atoms with Crippen LogP contribution in [0.5, 0.6) is 5.88 Å². The van der Waals surface area contributed by atoms with E-state index in [-0.39, 0.29) is 6.04 Å². The van der Waals surface area contributed by atoms with Gasteiger partial charge in [-0.1, -0.05) is 5.21 Å². The quantitative estimate of drug-likeness (QED) is 0.544. The number of nitrogens with zero attached hydrogens (tertiary/aromatic N) is 7. The summed E-state index contributed by atoms with van der Waals surface area (Å²) in [7, 11) is 1.65. The molecule has 3 aromatic rings. The molecule has 4 heterocycles. The topological polar surface area (TPSA) is 118 Å². The Hall–Kier alpha value is -3.52. The van der Waals surface area contributed by atoms with Gasteiger partial charge in [0, 0.05) is 20.2 Å². The molecular weight excluding hydrogens is 427 g/mol. The van der Waals surface area contributed by atoms with Crippen molar-refractivity contribution in [3.8, 4) is 23.5 Å². The number of pyridine rings is 1. The van der Waals surface area contributed by atoms with Gasteiger partial charge in [-0.25, -0.2) is 14.1 Å². The summed E-state index contributed by atoms with van der Waals surface area (Å²) in [5, 5.41) is 17.9. The number of methoxy groups -OCH3 is 1. The van der Waals surface area contributed by atoms with E-state index in [1.807, 2.05) is 11.6 Å². The van der Waals surface area contributed by atoms with Crippen molar-refractivity contribution in [1.82, 2.24) is 34.8 Å². The lowest BCUT2D eigenvalue weighted by Crippen LogP contribution is -2.31. The van der Waals surface area contributed by atoms with E-state index < -0.39 is 17.5 Å². The van der Waals surface area contributed by atoms with E-state index in [1.165, 1.54) is 12.3 Å². The molecule has 1 aliphatic heterocycles. The molecule has 1 aliphatic carbocycles. The van der Waals surface area contributed by atoms with Crippen LogP contribution < -0.4 is 4.74 Å². The average molecular weight is 452 g/mol. The van der Waals surface area contributed by atoms with Crippen molar-refractivity contribution >= 4 is 0 Å². The Balaban J connectivity index is 1.42. The van der Waals surface area contributed by atoms with E-state index in [9.17, 15) is 4.39 Å². The van der Waals surface area contributed by atoms with Gasteiger partial charge in [0.15, 0.2) is 18.0 Å². The van der Waals surface area contributed by atoms with E-state index in [1.54, 1.807) is 24.4 Å². The van der Waals surface area contributed by atoms with Gasteiger partial charge in [-0.15, -0.1) is 5.10 Å². The summed E-state index contributed by atoms with van der Waals surface area (Å²) in [4.78, 5) is 13.5. The second-order valence-corrected chi connectivity index (χ2v) is 8.53. The third-order valence-corrected chi connectivity index (χ3v) is 6.59. The Kier molecular flexibility index (Phi) is 5.46. The molecule has 172 valence electrons. The standard InChI is InChI=1S/C22H25FN8O2/c1-14-18(28-29-31(14)16-5-9-30(12-24)10-6-16)19-21(27-13-26-19)33-20(22(32-2)7-8-22)17-4-3-15(23)11-25-17/h3-4,11,13,16,20H,5-10H2,1-2H3,(H,26,27). The van der Waals surface area contributed by atoms with Crippen molar-refractivity contribution in [3.05, 3.63) is 41.9 Å². The Morgan fingerprint density at radius 1 is 1.24 bits per heavy atom. The molecule has 2 aliphatic rings. The summed E-state index contributed by atoms with van der Waals surface area (Å²) in [6, 6.07) is 3.16. The largest absolute Gasteiger partial charge is 0.464 e. The zero-order chi connectivity index (χ0) is 23.0. The average Bonchev–Trinajstić information content (AvgIpc) is 3.35. The summed E-state index contributed by atoms with van der Waals surface area (Å²) in [6.07, 6.45) is 7.68. The first kappa shape index (κ1) is 21.3. The van der Waals surface area contributed by atoms with Crippen LogP contribution in [0, 0.1) is 24.2 Å². The molecule has 1 saturated carbocycles. The molecule has 1 saturated heterocycles. The summed E-state index contributed by atoms with van der Waals surface area (Å²) in [6.45, 7) is 3.37. The van der Waals surface area contributed by atoms with Crippen LogP contribution in [0.3, 0.4) is 0 Å². The van der Waals surface area contributed by atoms with Gasteiger partial charge in [0.2, 0.25) is 5.88 Å². The van der Waals surface area contributed by atoms with E-state index in [0.29, 0.717) is 36.1 Å². The third-order valence-electron chi connectivity index (χ3n) is 6.59. The van der Waals surface area contributed by atoms with E-state index in [0.717, 1.165) is 31.4 Å². The highest BCUT2D eigenvalue weighted by Crippen LogP contribution is 2.50. The van der Waals surface area contributed by atoms with Crippen LogP contribution in [0.1, 0.15) is 49.2 Å². The Labute approximate surface area is 190 Å². The van der Waals surface area contributed by atoms with Gasteiger partial charge in [0.1, 0.15) is 17.1 Å². The molecule has 0 aromatic carbocycles. The molecule has 1 atom stereocenters. The molecule has 5 rings (SSSR count). The number of nitrogens with one attached hydrogen (secondary N) is 1. The minimum absolute atomic E-state index is 0.179. The van der Waals surface area contributed by atoms with E-state index >= 15 is 0 Å².